The van der Waals surface area contributed by atoms with Crippen LogP contribution in [-0.4, -0.2) is 62.2 Å². The lowest BCUT2D eigenvalue weighted by atomic mass is 10.00. The Bertz CT molecular complexity index is 210. The molecule has 0 aromatic heterocycles. The van der Waals surface area contributed by atoms with Crippen molar-refractivity contribution in [3.63, 3.8) is 0 Å². The van der Waals surface area contributed by atoms with Gasteiger partial charge in [0.25, 0.3) is 0 Å². The first-order valence-electron chi connectivity index (χ1n) is 8.32. The number of hydrogen-bond acceptors (Lipinski definition) is 4. The smallest absolute Gasteiger partial charge is 0.0669 e. The van der Waals surface area contributed by atoms with Crippen LogP contribution in [0.4, 0.5) is 0 Å². The summed E-state index contributed by atoms with van der Waals surface area (Å²) >= 11 is 0. The van der Waals surface area contributed by atoms with Gasteiger partial charge >= 0.3 is 0 Å². The zero-order chi connectivity index (χ0) is 14.6. The summed E-state index contributed by atoms with van der Waals surface area (Å²) in [5.74, 6) is 0.741. The van der Waals surface area contributed by atoms with Crippen LogP contribution in [0, 0.1) is 5.92 Å². The lowest BCUT2D eigenvalue weighted by Gasteiger charge is -2.26. The highest BCUT2D eigenvalue weighted by Crippen LogP contribution is 2.28. The third-order valence-electron chi connectivity index (χ3n) is 4.06. The van der Waals surface area contributed by atoms with Crippen LogP contribution in [0.15, 0.2) is 0 Å². The Kier molecular flexibility index (Phi) is 10.3. The molecule has 1 saturated carbocycles. The zero-order valence-corrected chi connectivity index (χ0v) is 13.4. The Morgan fingerprint density at radius 2 is 1.60 bits per heavy atom. The minimum atomic E-state index is -0.207. The number of aliphatic hydroxyl groups excluding tert-OH is 1. The normalized spacial score (nSPS) is 18.0. The molecule has 0 aromatic carbocycles. The van der Waals surface area contributed by atoms with Gasteiger partial charge in [-0.3, -0.25) is 4.90 Å². The van der Waals surface area contributed by atoms with Gasteiger partial charge in [0.05, 0.1) is 19.3 Å². The highest BCUT2D eigenvalue weighted by Gasteiger charge is 2.20. The van der Waals surface area contributed by atoms with Crippen LogP contribution in [-0.2, 0) is 9.47 Å². The molecule has 4 heteroatoms. The second-order valence-corrected chi connectivity index (χ2v) is 5.73. The maximum absolute atomic E-state index is 10.3. The Balaban J connectivity index is 2.24. The average molecular weight is 287 g/mol. The van der Waals surface area contributed by atoms with Crippen molar-refractivity contribution in [1.29, 1.82) is 0 Å². The van der Waals surface area contributed by atoms with E-state index in [9.17, 15) is 5.11 Å². The average Bonchev–Trinajstić information content (AvgIpc) is 2.91. The standard InChI is InChI=1S/C16H33NO3/c1-3-19-11-9-17(10-12-20-4-2)14-16(18)13-15-7-5-6-8-15/h15-16,18H,3-14H2,1-2H3. The fourth-order valence-electron chi connectivity index (χ4n) is 2.97. The minimum absolute atomic E-state index is 0.207. The molecule has 0 spiro atoms. The van der Waals surface area contributed by atoms with Crippen LogP contribution in [0.2, 0.25) is 0 Å². The van der Waals surface area contributed by atoms with E-state index in [2.05, 4.69) is 4.90 Å². The van der Waals surface area contributed by atoms with E-state index in [1.165, 1.54) is 25.7 Å². The molecule has 0 aromatic rings. The van der Waals surface area contributed by atoms with E-state index < -0.39 is 0 Å². The highest BCUT2D eigenvalue weighted by molar-refractivity contribution is 4.73. The molecule has 0 radical (unpaired) electrons. The van der Waals surface area contributed by atoms with Gasteiger partial charge in [-0.25, -0.2) is 0 Å². The van der Waals surface area contributed by atoms with Gasteiger partial charge in [-0.15, -0.1) is 0 Å². The first kappa shape index (κ1) is 17.9. The van der Waals surface area contributed by atoms with E-state index in [0.717, 1.165) is 58.4 Å². The lowest BCUT2D eigenvalue weighted by Crippen LogP contribution is -2.38. The molecular weight excluding hydrogens is 254 g/mol. The SMILES string of the molecule is CCOCCN(CCOCC)CC(O)CC1CCCC1. The van der Waals surface area contributed by atoms with Crippen LogP contribution < -0.4 is 0 Å². The first-order chi connectivity index (χ1) is 9.76. The molecule has 1 N–H and O–H groups in total. The van der Waals surface area contributed by atoms with Gasteiger partial charge < -0.3 is 14.6 Å². The fraction of sp³-hybridized carbons (Fsp3) is 1.00. The van der Waals surface area contributed by atoms with Crippen molar-refractivity contribution in [2.24, 2.45) is 5.92 Å². The molecule has 0 bridgehead atoms. The summed E-state index contributed by atoms with van der Waals surface area (Å²) in [6.07, 6.45) is 6.04. The summed E-state index contributed by atoms with van der Waals surface area (Å²) in [4.78, 5) is 2.27. The Morgan fingerprint density at radius 3 is 2.10 bits per heavy atom. The van der Waals surface area contributed by atoms with Gasteiger partial charge in [0.1, 0.15) is 0 Å². The predicted molar refractivity (Wildman–Crippen MR) is 82.0 cm³/mol. The first-order valence-corrected chi connectivity index (χ1v) is 8.32. The quantitative estimate of drug-likeness (QED) is 0.559. The molecule has 1 atom stereocenters. The van der Waals surface area contributed by atoms with Gasteiger partial charge in [0.15, 0.2) is 0 Å². The molecule has 1 fully saturated rings. The predicted octanol–water partition coefficient (Wildman–Crippen LogP) is 2.30. The second kappa shape index (κ2) is 11.5. The Labute approximate surface area is 124 Å². The number of rotatable bonds is 12. The monoisotopic (exact) mass is 287 g/mol. The van der Waals surface area contributed by atoms with Crippen LogP contribution in [0.25, 0.3) is 0 Å². The molecule has 0 amide bonds. The highest BCUT2D eigenvalue weighted by atomic mass is 16.5. The van der Waals surface area contributed by atoms with E-state index in [4.69, 9.17) is 9.47 Å². The summed E-state index contributed by atoms with van der Waals surface area (Å²) in [5.41, 5.74) is 0. The van der Waals surface area contributed by atoms with E-state index in [1.807, 2.05) is 13.8 Å². The van der Waals surface area contributed by atoms with E-state index in [0.29, 0.717) is 0 Å². The second-order valence-electron chi connectivity index (χ2n) is 5.73. The topological polar surface area (TPSA) is 41.9 Å². The molecule has 20 heavy (non-hydrogen) atoms. The van der Waals surface area contributed by atoms with Crippen LogP contribution >= 0.6 is 0 Å². The third kappa shape index (κ3) is 8.20. The van der Waals surface area contributed by atoms with Crippen molar-refractivity contribution in [1.82, 2.24) is 4.90 Å². The molecule has 0 heterocycles. The van der Waals surface area contributed by atoms with Crippen molar-refractivity contribution >= 4 is 0 Å². The van der Waals surface area contributed by atoms with Crippen molar-refractivity contribution in [3.05, 3.63) is 0 Å². The maximum Gasteiger partial charge on any atom is 0.0669 e. The fourth-order valence-corrected chi connectivity index (χ4v) is 2.97. The van der Waals surface area contributed by atoms with Gasteiger partial charge in [0, 0.05) is 32.8 Å². The Morgan fingerprint density at radius 1 is 1.05 bits per heavy atom. The van der Waals surface area contributed by atoms with E-state index >= 15 is 0 Å². The van der Waals surface area contributed by atoms with Crippen molar-refractivity contribution in [2.45, 2.75) is 52.1 Å². The summed E-state index contributed by atoms with van der Waals surface area (Å²) < 4.78 is 10.8. The van der Waals surface area contributed by atoms with Crippen LogP contribution in [0.3, 0.4) is 0 Å². The van der Waals surface area contributed by atoms with Crippen molar-refractivity contribution in [2.75, 3.05) is 46.1 Å². The molecule has 4 nitrogen and oxygen atoms in total. The van der Waals surface area contributed by atoms with Crippen LogP contribution in [0.5, 0.6) is 0 Å². The molecule has 0 saturated heterocycles. The molecular formula is C16H33NO3. The summed E-state index contributed by atoms with van der Waals surface area (Å²) in [7, 11) is 0. The largest absolute Gasteiger partial charge is 0.392 e. The number of aliphatic hydroxyl groups is 1. The number of hydrogen-bond donors (Lipinski definition) is 1. The Hall–Kier alpha value is -0.160. The molecule has 1 aliphatic rings. The maximum atomic E-state index is 10.3. The minimum Gasteiger partial charge on any atom is -0.392 e. The van der Waals surface area contributed by atoms with E-state index in [-0.39, 0.29) is 6.10 Å². The van der Waals surface area contributed by atoms with Gasteiger partial charge in [-0.1, -0.05) is 25.7 Å². The number of nitrogens with zero attached hydrogens (tertiary/aromatic N) is 1. The van der Waals surface area contributed by atoms with E-state index in [1.54, 1.807) is 0 Å². The zero-order valence-electron chi connectivity index (χ0n) is 13.4. The molecule has 1 rings (SSSR count). The molecule has 120 valence electrons. The van der Waals surface area contributed by atoms with Gasteiger partial charge in [-0.2, -0.15) is 0 Å². The molecule has 1 unspecified atom stereocenters. The summed E-state index contributed by atoms with van der Waals surface area (Å²) in [6, 6.07) is 0. The van der Waals surface area contributed by atoms with Gasteiger partial charge in [-0.05, 0) is 26.2 Å². The third-order valence-corrected chi connectivity index (χ3v) is 4.06. The summed E-state index contributed by atoms with van der Waals surface area (Å²) in [6.45, 7) is 9.51. The van der Waals surface area contributed by atoms with Gasteiger partial charge in [0.2, 0.25) is 0 Å². The van der Waals surface area contributed by atoms with Crippen LogP contribution in [0.1, 0.15) is 46.0 Å². The lowest BCUT2D eigenvalue weighted by molar-refractivity contribution is 0.0461. The molecule has 1 aliphatic carbocycles. The summed E-state index contributed by atoms with van der Waals surface area (Å²) in [5, 5.41) is 10.3. The van der Waals surface area contributed by atoms with Crippen molar-refractivity contribution in [3.8, 4) is 0 Å². The number of ether oxygens (including phenoxy) is 2. The molecule has 0 aliphatic heterocycles. The van der Waals surface area contributed by atoms with Crippen molar-refractivity contribution < 1.29 is 14.6 Å².